The van der Waals surface area contributed by atoms with E-state index < -0.39 is 5.38 Å². The van der Waals surface area contributed by atoms with Crippen molar-refractivity contribution in [3.63, 3.8) is 0 Å². The van der Waals surface area contributed by atoms with Crippen LogP contribution < -0.4 is 0 Å². The minimum Gasteiger partial charge on any atom is -0.393 e. The lowest BCUT2D eigenvalue weighted by atomic mass is 9.80. The summed E-state index contributed by atoms with van der Waals surface area (Å²) in [5, 5.41) is 9.14. The summed E-state index contributed by atoms with van der Waals surface area (Å²) in [6, 6.07) is 0. The first-order chi connectivity index (χ1) is 7.08. The van der Waals surface area contributed by atoms with Crippen LogP contribution in [0.5, 0.6) is 0 Å². The van der Waals surface area contributed by atoms with E-state index in [1.54, 1.807) is 6.92 Å². The standard InChI is InChI=1S/C11H18ClNO2/c1-7(12)11(15)13-5-8-2-3-10(14)4-9(8)6-13/h7-10,14H,2-6H2,1H3. The molecule has 0 aromatic rings. The molecule has 0 aromatic heterocycles. The van der Waals surface area contributed by atoms with Crippen molar-refractivity contribution < 1.29 is 9.90 Å². The number of alkyl halides is 1. The van der Waals surface area contributed by atoms with Gasteiger partial charge in [-0.25, -0.2) is 0 Å². The molecule has 4 unspecified atom stereocenters. The molecule has 86 valence electrons. The molecule has 0 spiro atoms. The number of likely N-dealkylation sites (tertiary alicyclic amines) is 1. The van der Waals surface area contributed by atoms with Crippen molar-refractivity contribution in [3.05, 3.63) is 0 Å². The van der Waals surface area contributed by atoms with Gasteiger partial charge in [-0.05, 0) is 38.0 Å². The summed E-state index contributed by atoms with van der Waals surface area (Å²) in [6.07, 6.45) is 2.63. The highest BCUT2D eigenvalue weighted by atomic mass is 35.5. The number of hydrogen-bond donors (Lipinski definition) is 1. The second-order valence-electron chi connectivity index (χ2n) is 4.85. The summed E-state index contributed by atoms with van der Waals surface area (Å²) in [5.74, 6) is 1.13. The zero-order chi connectivity index (χ0) is 11.0. The predicted octanol–water partition coefficient (Wildman–Crippen LogP) is 1.23. The molecule has 4 heteroatoms. The van der Waals surface area contributed by atoms with Crippen LogP contribution in [0, 0.1) is 11.8 Å². The van der Waals surface area contributed by atoms with E-state index >= 15 is 0 Å². The zero-order valence-corrected chi connectivity index (χ0v) is 9.78. The van der Waals surface area contributed by atoms with E-state index in [4.69, 9.17) is 11.6 Å². The maximum absolute atomic E-state index is 11.7. The maximum Gasteiger partial charge on any atom is 0.240 e. The molecule has 4 atom stereocenters. The Morgan fingerprint density at radius 2 is 2.07 bits per heavy atom. The van der Waals surface area contributed by atoms with Crippen molar-refractivity contribution in [1.29, 1.82) is 0 Å². The quantitative estimate of drug-likeness (QED) is 0.690. The molecule has 1 amide bonds. The first-order valence-corrected chi connectivity index (χ1v) is 6.12. The Kier molecular flexibility index (Phi) is 3.21. The number of halogens is 1. The Bertz CT molecular complexity index is 257. The molecule has 15 heavy (non-hydrogen) atoms. The maximum atomic E-state index is 11.7. The van der Waals surface area contributed by atoms with Gasteiger partial charge in [-0.15, -0.1) is 11.6 Å². The predicted molar refractivity (Wildman–Crippen MR) is 58.7 cm³/mol. The molecule has 0 bridgehead atoms. The third kappa shape index (κ3) is 2.28. The van der Waals surface area contributed by atoms with E-state index in [1.807, 2.05) is 4.90 Å². The average molecular weight is 232 g/mol. The molecule has 2 rings (SSSR count). The number of aliphatic hydroxyl groups excluding tert-OH is 1. The number of carbonyl (C=O) groups is 1. The number of hydrogen-bond acceptors (Lipinski definition) is 2. The Labute approximate surface area is 95.4 Å². The molecular weight excluding hydrogens is 214 g/mol. The summed E-state index contributed by atoms with van der Waals surface area (Å²) in [7, 11) is 0. The first-order valence-electron chi connectivity index (χ1n) is 5.69. The molecule has 0 radical (unpaired) electrons. The topological polar surface area (TPSA) is 40.5 Å². The second kappa shape index (κ2) is 4.30. The molecular formula is C11H18ClNO2. The molecule has 1 saturated heterocycles. The van der Waals surface area contributed by atoms with Crippen molar-refractivity contribution in [2.24, 2.45) is 11.8 Å². The number of nitrogens with zero attached hydrogens (tertiary/aromatic N) is 1. The highest BCUT2D eigenvalue weighted by Crippen LogP contribution is 2.36. The van der Waals surface area contributed by atoms with Crippen LogP contribution in [0.15, 0.2) is 0 Å². The van der Waals surface area contributed by atoms with Gasteiger partial charge in [0.25, 0.3) is 0 Å². The minimum atomic E-state index is -0.421. The fourth-order valence-electron chi connectivity index (χ4n) is 2.84. The van der Waals surface area contributed by atoms with Crippen LogP contribution in [0.25, 0.3) is 0 Å². The van der Waals surface area contributed by atoms with Gasteiger partial charge in [0.05, 0.1) is 6.10 Å². The second-order valence-corrected chi connectivity index (χ2v) is 5.50. The number of aliphatic hydroxyl groups is 1. The van der Waals surface area contributed by atoms with Crippen molar-refractivity contribution in [2.45, 2.75) is 37.7 Å². The van der Waals surface area contributed by atoms with Crippen molar-refractivity contribution in [2.75, 3.05) is 13.1 Å². The summed E-state index contributed by atoms with van der Waals surface area (Å²) < 4.78 is 0. The third-order valence-electron chi connectivity index (χ3n) is 3.67. The van der Waals surface area contributed by atoms with E-state index in [9.17, 15) is 9.90 Å². The number of amides is 1. The lowest BCUT2D eigenvalue weighted by Crippen LogP contribution is -2.34. The molecule has 3 nitrogen and oxygen atoms in total. The van der Waals surface area contributed by atoms with E-state index in [0.29, 0.717) is 11.8 Å². The molecule has 1 N–H and O–H groups in total. The van der Waals surface area contributed by atoms with Gasteiger partial charge in [-0.1, -0.05) is 0 Å². The molecule has 0 aromatic carbocycles. The molecule has 1 saturated carbocycles. The van der Waals surface area contributed by atoms with Gasteiger partial charge in [0.15, 0.2) is 0 Å². The largest absolute Gasteiger partial charge is 0.393 e. The normalized spacial score (nSPS) is 37.5. The molecule has 1 aliphatic heterocycles. The highest BCUT2D eigenvalue weighted by molar-refractivity contribution is 6.30. The monoisotopic (exact) mass is 231 g/mol. The third-order valence-corrected chi connectivity index (χ3v) is 3.86. The summed E-state index contributed by atoms with van der Waals surface area (Å²) in [4.78, 5) is 13.6. The van der Waals surface area contributed by atoms with Gasteiger partial charge in [-0.3, -0.25) is 4.79 Å². The Morgan fingerprint density at radius 3 is 2.73 bits per heavy atom. The van der Waals surface area contributed by atoms with Crippen LogP contribution in [0.1, 0.15) is 26.2 Å². The van der Waals surface area contributed by atoms with Crippen LogP contribution in [0.3, 0.4) is 0 Å². The fourth-order valence-corrected chi connectivity index (χ4v) is 2.98. The minimum absolute atomic E-state index is 0.0422. The lowest BCUT2D eigenvalue weighted by molar-refractivity contribution is -0.129. The Hall–Kier alpha value is -0.280. The van der Waals surface area contributed by atoms with E-state index in [0.717, 1.165) is 32.4 Å². The smallest absolute Gasteiger partial charge is 0.240 e. The highest BCUT2D eigenvalue weighted by Gasteiger charge is 2.39. The van der Waals surface area contributed by atoms with Crippen molar-refractivity contribution in [1.82, 2.24) is 4.90 Å². The lowest BCUT2D eigenvalue weighted by Gasteiger charge is -2.27. The Balaban J connectivity index is 1.96. The van der Waals surface area contributed by atoms with Gasteiger partial charge < -0.3 is 10.0 Å². The Morgan fingerprint density at radius 1 is 1.40 bits per heavy atom. The van der Waals surface area contributed by atoms with Crippen LogP contribution in [0.4, 0.5) is 0 Å². The SMILES string of the molecule is CC(Cl)C(=O)N1CC2CCC(O)CC2C1. The van der Waals surface area contributed by atoms with E-state index in [2.05, 4.69) is 0 Å². The summed E-state index contributed by atoms with van der Waals surface area (Å²) >= 11 is 5.79. The van der Waals surface area contributed by atoms with E-state index in [-0.39, 0.29) is 12.0 Å². The van der Waals surface area contributed by atoms with Gasteiger partial charge in [0.2, 0.25) is 5.91 Å². The van der Waals surface area contributed by atoms with E-state index in [1.165, 1.54) is 0 Å². The van der Waals surface area contributed by atoms with Crippen LogP contribution >= 0.6 is 11.6 Å². The van der Waals surface area contributed by atoms with Gasteiger partial charge in [-0.2, -0.15) is 0 Å². The van der Waals surface area contributed by atoms with Crippen LogP contribution in [-0.4, -0.2) is 40.5 Å². The molecule has 1 heterocycles. The average Bonchev–Trinajstić information content (AvgIpc) is 2.58. The van der Waals surface area contributed by atoms with Gasteiger partial charge in [0.1, 0.15) is 5.38 Å². The molecule has 1 aliphatic carbocycles. The van der Waals surface area contributed by atoms with Gasteiger partial charge >= 0.3 is 0 Å². The fraction of sp³-hybridized carbons (Fsp3) is 0.909. The van der Waals surface area contributed by atoms with Crippen LogP contribution in [-0.2, 0) is 4.79 Å². The van der Waals surface area contributed by atoms with Crippen molar-refractivity contribution in [3.8, 4) is 0 Å². The molecule has 2 aliphatic rings. The summed E-state index contributed by atoms with van der Waals surface area (Å²) in [6.45, 7) is 3.35. The molecule has 2 fully saturated rings. The summed E-state index contributed by atoms with van der Waals surface area (Å²) in [5.41, 5.74) is 0. The van der Waals surface area contributed by atoms with Crippen LogP contribution in [0.2, 0.25) is 0 Å². The van der Waals surface area contributed by atoms with Gasteiger partial charge in [0, 0.05) is 13.1 Å². The number of carbonyl (C=O) groups excluding carboxylic acids is 1. The number of fused-ring (bicyclic) bond motifs is 1. The number of rotatable bonds is 1. The zero-order valence-electron chi connectivity index (χ0n) is 9.03. The van der Waals surface area contributed by atoms with Crippen molar-refractivity contribution >= 4 is 17.5 Å². The first kappa shape index (κ1) is 11.2.